The number of hydrogen-bond donors (Lipinski definition) is 1. The predicted octanol–water partition coefficient (Wildman–Crippen LogP) is 2.61. The van der Waals surface area contributed by atoms with Gasteiger partial charge in [0.25, 0.3) is 6.43 Å². The minimum Gasteiger partial charge on any atom is -0.280 e. The fourth-order valence-electron chi connectivity index (χ4n) is 1.96. The zero-order valence-corrected chi connectivity index (χ0v) is 11.6. The fourth-order valence-corrected chi connectivity index (χ4v) is 1.96. The van der Waals surface area contributed by atoms with Crippen LogP contribution in [0.5, 0.6) is 0 Å². The lowest BCUT2D eigenvalue weighted by molar-refractivity contribution is -0.145. The van der Waals surface area contributed by atoms with E-state index in [2.05, 4.69) is 10.4 Å². The Morgan fingerprint density at radius 2 is 2.05 bits per heavy atom. The van der Waals surface area contributed by atoms with Crippen LogP contribution in [-0.2, 0) is 17.5 Å². The number of rotatable bonds is 5. The Hall–Kier alpha value is -1.77. The van der Waals surface area contributed by atoms with Crippen molar-refractivity contribution in [2.75, 3.05) is 7.05 Å². The molecule has 1 saturated carbocycles. The van der Waals surface area contributed by atoms with E-state index in [0.717, 1.165) is 17.1 Å². The van der Waals surface area contributed by atoms with Crippen molar-refractivity contribution in [3.05, 3.63) is 29.6 Å². The molecular formula is C13H14F5N3O. The normalized spacial score (nSPS) is 16.7. The van der Waals surface area contributed by atoms with Gasteiger partial charge in [-0.15, -0.1) is 0 Å². The Bertz CT molecular complexity index is 540. The maximum absolute atomic E-state index is 12.8. The third kappa shape index (κ3) is 3.34. The second-order valence-electron chi connectivity index (χ2n) is 5.19. The summed E-state index contributed by atoms with van der Waals surface area (Å²) < 4.78 is 62.7. The van der Waals surface area contributed by atoms with Crippen molar-refractivity contribution in [3.8, 4) is 0 Å². The predicted molar refractivity (Wildman–Crippen MR) is 66.5 cm³/mol. The molecule has 1 amide bonds. The average molecular weight is 323 g/mol. The molecule has 2 rings (SSSR count). The van der Waals surface area contributed by atoms with Crippen molar-refractivity contribution in [3.63, 3.8) is 0 Å². The number of aromatic nitrogens is 1. The van der Waals surface area contributed by atoms with Crippen LogP contribution in [0.3, 0.4) is 0 Å². The van der Waals surface area contributed by atoms with Crippen LogP contribution in [0.2, 0.25) is 0 Å². The average Bonchev–Trinajstić information content (AvgIpc) is 3.25. The number of nitrogens with zero attached hydrogens (tertiary/aromatic N) is 2. The summed E-state index contributed by atoms with van der Waals surface area (Å²) in [6, 6.07) is 2.03. The van der Waals surface area contributed by atoms with Crippen LogP contribution in [-0.4, -0.2) is 29.4 Å². The van der Waals surface area contributed by atoms with Gasteiger partial charge in [0.1, 0.15) is 5.41 Å². The molecule has 4 nitrogen and oxygen atoms in total. The number of alkyl halides is 5. The summed E-state index contributed by atoms with van der Waals surface area (Å²) in [5.74, 6) is -0.727. The zero-order valence-electron chi connectivity index (χ0n) is 11.6. The number of carbonyl (C=O) groups is 1. The van der Waals surface area contributed by atoms with E-state index in [1.807, 2.05) is 0 Å². The smallest absolute Gasteiger partial charge is 0.280 e. The number of hydrazine groups is 1. The second-order valence-corrected chi connectivity index (χ2v) is 5.19. The molecule has 122 valence electrons. The highest BCUT2D eigenvalue weighted by Crippen LogP contribution is 2.51. The van der Waals surface area contributed by atoms with Crippen LogP contribution in [0.4, 0.5) is 22.0 Å². The molecule has 9 heteroatoms. The highest BCUT2D eigenvalue weighted by molar-refractivity contribution is 5.85. The SMILES string of the molecule is CN(NCc1ccc(C(F)(F)F)cn1)C(=O)C1(C(F)F)CC1. The molecule has 0 radical (unpaired) electrons. The Kier molecular flexibility index (Phi) is 4.37. The minimum absolute atomic E-state index is 0.0420. The number of hydrogen-bond acceptors (Lipinski definition) is 3. The molecule has 0 aromatic carbocycles. The molecule has 1 aliphatic carbocycles. The third-order valence-corrected chi connectivity index (χ3v) is 3.59. The summed E-state index contributed by atoms with van der Waals surface area (Å²) in [6.07, 6.45) is -6.25. The quantitative estimate of drug-likeness (QED) is 0.669. The van der Waals surface area contributed by atoms with Crippen molar-refractivity contribution in [1.82, 2.24) is 15.4 Å². The molecular weight excluding hydrogens is 309 g/mol. The van der Waals surface area contributed by atoms with E-state index < -0.39 is 29.5 Å². The van der Waals surface area contributed by atoms with Gasteiger partial charge in [0.05, 0.1) is 17.8 Å². The standard InChI is InChI=1S/C13H14F5N3O/c1-21(11(22)12(4-5-12)10(14)15)20-7-9-3-2-8(6-19-9)13(16,17)18/h2-3,6,10,20H,4-5,7H2,1H3. The molecule has 1 heterocycles. The Balaban J connectivity index is 1.91. The van der Waals surface area contributed by atoms with Gasteiger partial charge in [-0.2, -0.15) is 13.2 Å². The summed E-state index contributed by atoms with van der Waals surface area (Å²) >= 11 is 0. The Morgan fingerprint density at radius 3 is 2.45 bits per heavy atom. The number of nitrogens with one attached hydrogen (secondary N) is 1. The van der Waals surface area contributed by atoms with E-state index in [-0.39, 0.29) is 25.1 Å². The first-order valence-corrected chi connectivity index (χ1v) is 6.49. The number of pyridine rings is 1. The fraction of sp³-hybridized carbons (Fsp3) is 0.538. The van der Waals surface area contributed by atoms with Crippen LogP contribution >= 0.6 is 0 Å². The van der Waals surface area contributed by atoms with Crippen molar-refractivity contribution in [2.45, 2.75) is 32.0 Å². The summed E-state index contributed by atoms with van der Waals surface area (Å²) in [5.41, 5.74) is 0.328. The maximum atomic E-state index is 12.8. The highest BCUT2D eigenvalue weighted by atomic mass is 19.4. The lowest BCUT2D eigenvalue weighted by Gasteiger charge is -2.23. The molecule has 1 N–H and O–H groups in total. The van der Waals surface area contributed by atoms with Crippen molar-refractivity contribution in [2.24, 2.45) is 5.41 Å². The van der Waals surface area contributed by atoms with E-state index in [9.17, 15) is 26.7 Å². The topological polar surface area (TPSA) is 45.2 Å². The Labute approximate surface area is 123 Å². The van der Waals surface area contributed by atoms with Gasteiger partial charge in [0, 0.05) is 13.2 Å². The summed E-state index contributed by atoms with van der Waals surface area (Å²) in [5, 5.41) is 0.943. The number of halogens is 5. The van der Waals surface area contributed by atoms with Crippen LogP contribution in [0.1, 0.15) is 24.1 Å². The molecule has 0 spiro atoms. The minimum atomic E-state index is -4.47. The lowest BCUT2D eigenvalue weighted by Crippen LogP contribution is -2.45. The molecule has 0 atom stereocenters. The molecule has 1 aromatic rings. The number of carbonyl (C=O) groups excluding carboxylic acids is 1. The van der Waals surface area contributed by atoms with E-state index in [0.29, 0.717) is 6.20 Å². The van der Waals surface area contributed by atoms with E-state index in [4.69, 9.17) is 0 Å². The van der Waals surface area contributed by atoms with Gasteiger partial charge in [0.2, 0.25) is 5.91 Å². The highest BCUT2D eigenvalue weighted by Gasteiger charge is 2.58. The summed E-state index contributed by atoms with van der Waals surface area (Å²) in [6.45, 7) is -0.0420. The van der Waals surface area contributed by atoms with Crippen molar-refractivity contribution >= 4 is 5.91 Å². The van der Waals surface area contributed by atoms with Crippen LogP contribution in [0.15, 0.2) is 18.3 Å². The van der Waals surface area contributed by atoms with Gasteiger partial charge in [-0.3, -0.25) is 14.8 Å². The largest absolute Gasteiger partial charge is 0.417 e. The third-order valence-electron chi connectivity index (χ3n) is 3.59. The molecule has 0 unspecified atom stereocenters. The first kappa shape index (κ1) is 16.6. The molecule has 0 aliphatic heterocycles. The number of amides is 1. The first-order chi connectivity index (χ1) is 10.2. The molecule has 22 heavy (non-hydrogen) atoms. The molecule has 0 saturated heterocycles. The van der Waals surface area contributed by atoms with Crippen molar-refractivity contribution in [1.29, 1.82) is 0 Å². The van der Waals surface area contributed by atoms with Crippen LogP contribution in [0, 0.1) is 5.41 Å². The van der Waals surface area contributed by atoms with Crippen LogP contribution in [0.25, 0.3) is 0 Å². The summed E-state index contributed by atoms with van der Waals surface area (Å²) in [4.78, 5) is 15.5. The maximum Gasteiger partial charge on any atom is 0.417 e. The summed E-state index contributed by atoms with van der Waals surface area (Å²) in [7, 11) is 1.30. The van der Waals surface area contributed by atoms with Gasteiger partial charge >= 0.3 is 6.18 Å². The second kappa shape index (κ2) is 5.79. The van der Waals surface area contributed by atoms with Gasteiger partial charge < -0.3 is 0 Å². The van der Waals surface area contributed by atoms with Crippen molar-refractivity contribution < 1.29 is 26.7 Å². The molecule has 1 aromatic heterocycles. The van der Waals surface area contributed by atoms with Gasteiger partial charge in [-0.25, -0.2) is 14.2 Å². The first-order valence-electron chi connectivity index (χ1n) is 6.49. The molecule has 1 fully saturated rings. The zero-order chi connectivity index (χ0) is 16.5. The van der Waals surface area contributed by atoms with Gasteiger partial charge in [-0.1, -0.05) is 0 Å². The van der Waals surface area contributed by atoms with E-state index in [1.54, 1.807) is 0 Å². The monoisotopic (exact) mass is 323 g/mol. The van der Waals surface area contributed by atoms with Gasteiger partial charge in [-0.05, 0) is 25.0 Å². The molecule has 0 bridgehead atoms. The van der Waals surface area contributed by atoms with Crippen LogP contribution < -0.4 is 5.43 Å². The molecule has 1 aliphatic rings. The van der Waals surface area contributed by atoms with E-state index >= 15 is 0 Å². The lowest BCUT2D eigenvalue weighted by atomic mass is 10.1. The van der Waals surface area contributed by atoms with E-state index in [1.165, 1.54) is 7.05 Å². The Morgan fingerprint density at radius 1 is 1.41 bits per heavy atom. The van der Waals surface area contributed by atoms with Gasteiger partial charge in [0.15, 0.2) is 0 Å².